The number of rotatable bonds is 12. The van der Waals surface area contributed by atoms with E-state index in [2.05, 4.69) is 493 Å². The van der Waals surface area contributed by atoms with Crippen molar-refractivity contribution in [3.63, 3.8) is 0 Å². The monoisotopic (exact) mass is 1780 g/mol. The molecule has 24 aromatic carbocycles. The Morgan fingerprint density at radius 1 is 0.187 bits per heavy atom. The summed E-state index contributed by atoms with van der Waals surface area (Å²) in [7, 11) is 0. The molecule has 3 heterocycles. The van der Waals surface area contributed by atoms with E-state index in [1.54, 1.807) is 0 Å². The maximum absolute atomic E-state index is 6.11. The molecule has 24 aromatic rings. The van der Waals surface area contributed by atoms with Crippen LogP contribution in [0.15, 0.2) is 470 Å². The highest BCUT2D eigenvalue weighted by Crippen LogP contribution is 2.51. The van der Waals surface area contributed by atoms with Crippen LogP contribution in [0, 0.1) is 0 Å². The molecule has 3 aliphatic rings. The SMILES string of the molecule is CC1(C)CN=C(c2ccc(-c3ccc4c(-c5ccc6ccccc6c5)c5ccccc5c(-c5ccc6ccccc6c5)c4c3)cc2)O1.CC1(C)COC(c2ccc(-c3ccc4c(-c5ccc6ccccc6c5)c5ccccc5c(-c5ccc6ccccc6c5)c4c3)cc2)=N1.c1ccc2cc(-c3c4ccccc4c(-c4ccc5ccccc5c4)c4cc(-c5ccc(C6=NCCO6)cc5)ccc34)ccc2c1. The average Bonchev–Trinajstić information content (AvgIpc) is 0.841. The Balaban J connectivity index is 0.000000110. The molecule has 660 valence electrons. The molecule has 6 nitrogen and oxygen atoms in total. The Labute approximate surface area is 807 Å². The first-order chi connectivity index (χ1) is 68.3. The summed E-state index contributed by atoms with van der Waals surface area (Å²) in [5.41, 5.74) is 24.6. The maximum Gasteiger partial charge on any atom is 0.216 e. The van der Waals surface area contributed by atoms with Gasteiger partial charge in [-0.2, -0.15) is 0 Å². The summed E-state index contributed by atoms with van der Waals surface area (Å²) >= 11 is 0. The van der Waals surface area contributed by atoms with E-state index >= 15 is 0 Å². The number of benzene rings is 24. The largest absolute Gasteiger partial charge is 0.476 e. The molecular weight excluding hydrogens is 1690 g/mol. The van der Waals surface area contributed by atoms with Crippen LogP contribution in [0.5, 0.6) is 0 Å². The van der Waals surface area contributed by atoms with Crippen molar-refractivity contribution in [1.82, 2.24) is 0 Å². The van der Waals surface area contributed by atoms with Crippen molar-refractivity contribution < 1.29 is 14.2 Å². The fourth-order valence-electron chi connectivity index (χ4n) is 21.4. The smallest absolute Gasteiger partial charge is 0.216 e. The van der Waals surface area contributed by atoms with E-state index in [0.29, 0.717) is 19.8 Å². The van der Waals surface area contributed by atoms with Gasteiger partial charge in [-0.1, -0.05) is 364 Å². The minimum Gasteiger partial charge on any atom is -0.476 e. The van der Waals surface area contributed by atoms with Gasteiger partial charge in [-0.3, -0.25) is 0 Å². The molecule has 0 aliphatic carbocycles. The van der Waals surface area contributed by atoms with Crippen LogP contribution in [0.25, 0.3) is 229 Å². The van der Waals surface area contributed by atoms with E-state index in [4.69, 9.17) is 19.2 Å². The first-order valence-corrected chi connectivity index (χ1v) is 48.2. The Bertz CT molecular complexity index is 9220. The van der Waals surface area contributed by atoms with Gasteiger partial charge in [0.25, 0.3) is 0 Å². The highest BCUT2D eigenvalue weighted by Gasteiger charge is 2.31. The normalized spacial score (nSPS) is 13.8. The lowest BCUT2D eigenvalue weighted by molar-refractivity contribution is 0.131. The van der Waals surface area contributed by atoms with Crippen molar-refractivity contribution in [2.45, 2.75) is 38.8 Å². The molecule has 0 fully saturated rings. The van der Waals surface area contributed by atoms with Crippen LogP contribution in [0.1, 0.15) is 44.4 Å². The molecule has 0 bridgehead atoms. The van der Waals surface area contributed by atoms with Gasteiger partial charge in [0.2, 0.25) is 17.7 Å². The number of nitrogens with zero attached hydrogens (tertiary/aromatic N) is 3. The van der Waals surface area contributed by atoms with Gasteiger partial charge in [-0.05, 0) is 348 Å². The topological polar surface area (TPSA) is 64.8 Å². The second kappa shape index (κ2) is 34.6. The first kappa shape index (κ1) is 83.6. The summed E-state index contributed by atoms with van der Waals surface area (Å²) in [5.74, 6) is 2.19. The molecule has 0 radical (unpaired) electrons. The summed E-state index contributed by atoms with van der Waals surface area (Å²) in [6, 6.07) is 166. The van der Waals surface area contributed by atoms with Gasteiger partial charge >= 0.3 is 0 Å². The molecule has 0 saturated heterocycles. The molecule has 0 aromatic heterocycles. The lowest BCUT2D eigenvalue weighted by Crippen LogP contribution is -2.24. The average molecular weight is 1780 g/mol. The third kappa shape index (κ3) is 15.7. The van der Waals surface area contributed by atoms with E-state index in [0.717, 1.165) is 40.9 Å². The van der Waals surface area contributed by atoms with Crippen LogP contribution in [0.3, 0.4) is 0 Å². The molecule has 27 rings (SSSR count). The third-order valence-electron chi connectivity index (χ3n) is 28.2. The second-order valence-electron chi connectivity index (χ2n) is 38.3. The zero-order valence-electron chi connectivity index (χ0n) is 77.7. The van der Waals surface area contributed by atoms with E-state index < -0.39 is 0 Å². The lowest BCUT2D eigenvalue weighted by atomic mass is 9.84. The molecule has 0 atom stereocenters. The molecule has 3 aliphatic heterocycles. The van der Waals surface area contributed by atoms with Crippen molar-refractivity contribution in [2.24, 2.45) is 15.0 Å². The lowest BCUT2D eigenvalue weighted by Gasteiger charge is -2.19. The third-order valence-corrected chi connectivity index (χ3v) is 28.2. The van der Waals surface area contributed by atoms with Crippen LogP contribution >= 0.6 is 0 Å². The number of hydrogen-bond donors (Lipinski definition) is 0. The van der Waals surface area contributed by atoms with Crippen molar-refractivity contribution in [2.75, 3.05) is 26.3 Å². The second-order valence-corrected chi connectivity index (χ2v) is 38.3. The maximum atomic E-state index is 6.11. The Kier molecular flexibility index (Phi) is 20.8. The van der Waals surface area contributed by atoms with Gasteiger partial charge in [-0.15, -0.1) is 0 Å². The number of hydrogen-bond acceptors (Lipinski definition) is 6. The number of fused-ring (bicyclic) bond motifs is 12. The molecular formula is C133H95N3O3. The summed E-state index contributed by atoms with van der Waals surface area (Å²) in [4.78, 5) is 13.9. The fourth-order valence-corrected chi connectivity index (χ4v) is 21.4. The molecule has 0 N–H and O–H groups in total. The molecule has 0 saturated carbocycles. The van der Waals surface area contributed by atoms with Crippen LogP contribution in [-0.4, -0.2) is 55.1 Å². The standard InChI is InChI=1S/2C45H33NO.C43H29NO/c1-45(2)28-47-44(46-45)32-19-15-31(16-20-32)35-23-24-40-41(27-35)43(37-22-18-30-10-4-6-12-34(30)26-37)39-14-8-7-13-38(39)42(40)36-21-17-29-9-3-5-11-33(29)25-36;1-45(2)28-46-44(47-45)32-19-15-31(16-20-32)35-23-24-40-41(27-35)43(37-22-18-30-10-4-6-12-34(30)26-37)39-14-8-7-13-38(39)42(40)36-21-17-29-9-3-5-11-33(29)25-36;1-3-9-32-25-35(19-15-28(32)7-1)41-37-11-5-6-12-38(37)42(36-20-16-29-8-2-4-10-33(29)26-36)40-27-34(21-22-39(40)41)30-13-17-31(18-14-30)43-44-23-24-45-43/h2*3-27H,28H2,1-2H3;1-22,25-27H,23-24H2. The highest BCUT2D eigenvalue weighted by molar-refractivity contribution is 6.26. The predicted octanol–water partition coefficient (Wildman–Crippen LogP) is 34.8. The van der Waals surface area contributed by atoms with Crippen molar-refractivity contribution in [3.8, 4) is 100 Å². The quantitative estimate of drug-likeness (QED) is 0.115. The molecule has 0 spiro atoms. The van der Waals surface area contributed by atoms with Gasteiger partial charge in [0, 0.05) is 16.7 Å². The summed E-state index contributed by atoms with van der Waals surface area (Å²) in [6.45, 7) is 11.0. The van der Waals surface area contributed by atoms with Crippen molar-refractivity contribution in [1.29, 1.82) is 0 Å². The van der Waals surface area contributed by atoms with Gasteiger partial charge < -0.3 is 14.2 Å². The predicted molar refractivity (Wildman–Crippen MR) is 589 cm³/mol. The van der Waals surface area contributed by atoms with Crippen LogP contribution in [0.2, 0.25) is 0 Å². The van der Waals surface area contributed by atoms with Crippen molar-refractivity contribution in [3.05, 3.63) is 472 Å². The van der Waals surface area contributed by atoms with E-state index in [1.165, 1.54) is 229 Å². The Morgan fingerprint density at radius 3 is 0.669 bits per heavy atom. The summed E-state index contributed by atoms with van der Waals surface area (Å²) < 4.78 is 17.7. The van der Waals surface area contributed by atoms with Crippen LogP contribution in [0.4, 0.5) is 0 Å². The molecule has 6 heteroatoms. The van der Waals surface area contributed by atoms with Gasteiger partial charge in [0.1, 0.15) is 18.8 Å². The molecule has 139 heavy (non-hydrogen) atoms. The van der Waals surface area contributed by atoms with E-state index in [9.17, 15) is 0 Å². The van der Waals surface area contributed by atoms with Crippen LogP contribution in [-0.2, 0) is 14.2 Å². The Hall–Kier alpha value is -17.2. The number of ether oxygens (including phenoxy) is 3. The summed E-state index contributed by atoms with van der Waals surface area (Å²) in [6.07, 6.45) is 0. The highest BCUT2D eigenvalue weighted by atomic mass is 16.5. The van der Waals surface area contributed by atoms with E-state index in [1.807, 2.05) is 0 Å². The minimum atomic E-state index is -0.253. The Morgan fingerprint density at radius 2 is 0.417 bits per heavy atom. The number of aliphatic imine (C=N–C) groups is 3. The fraction of sp³-hybridized carbons (Fsp3) is 0.0752. The van der Waals surface area contributed by atoms with Gasteiger partial charge in [0.15, 0.2) is 0 Å². The molecule has 0 unspecified atom stereocenters. The van der Waals surface area contributed by atoms with Gasteiger partial charge in [-0.25, -0.2) is 15.0 Å². The minimum absolute atomic E-state index is 0.183. The first-order valence-electron chi connectivity index (χ1n) is 48.2. The summed E-state index contributed by atoms with van der Waals surface area (Å²) in [5, 5.41) is 30.0. The zero-order valence-corrected chi connectivity index (χ0v) is 77.7. The molecule has 0 amide bonds. The van der Waals surface area contributed by atoms with Crippen LogP contribution < -0.4 is 0 Å². The zero-order chi connectivity index (χ0) is 92.8. The van der Waals surface area contributed by atoms with Crippen molar-refractivity contribution >= 4 is 147 Å². The van der Waals surface area contributed by atoms with E-state index in [-0.39, 0.29) is 11.1 Å². The van der Waals surface area contributed by atoms with Gasteiger partial charge in [0.05, 0.1) is 18.6 Å².